The van der Waals surface area contributed by atoms with E-state index in [9.17, 15) is 4.79 Å². The normalized spacial score (nSPS) is 12.0. The van der Waals surface area contributed by atoms with Crippen LogP contribution in [0, 0.1) is 0 Å². The van der Waals surface area contributed by atoms with E-state index in [2.05, 4.69) is 15.3 Å². The Bertz CT molecular complexity index is 1030. The Hall–Kier alpha value is -3.11. The van der Waals surface area contributed by atoms with Crippen LogP contribution < -0.4 is 5.32 Å². The van der Waals surface area contributed by atoms with Crippen LogP contribution in [0.5, 0.6) is 0 Å². The Kier molecular flexibility index (Phi) is 4.42. The van der Waals surface area contributed by atoms with Gasteiger partial charge in [-0.15, -0.1) is 0 Å². The Balaban J connectivity index is 1.72. The predicted octanol–water partition coefficient (Wildman–Crippen LogP) is 4.74. The summed E-state index contributed by atoms with van der Waals surface area (Å²) < 4.78 is 0. The highest BCUT2D eigenvalue weighted by Gasteiger charge is 2.21. The molecule has 0 radical (unpaired) electrons. The van der Waals surface area contributed by atoms with Crippen molar-refractivity contribution in [1.29, 1.82) is 0 Å². The van der Waals surface area contributed by atoms with Crippen molar-refractivity contribution in [1.82, 2.24) is 15.3 Å². The van der Waals surface area contributed by atoms with Gasteiger partial charge in [-0.05, 0) is 35.9 Å². The molecule has 0 aliphatic heterocycles. The minimum absolute atomic E-state index is 0.207. The summed E-state index contributed by atoms with van der Waals surface area (Å²) in [5.74, 6) is 0.481. The Morgan fingerprint density at radius 3 is 2.50 bits per heavy atom. The van der Waals surface area contributed by atoms with Crippen LogP contribution in [-0.4, -0.2) is 15.9 Å². The summed E-state index contributed by atoms with van der Waals surface area (Å²) in [5.41, 5.74) is 3.25. The number of nitrogens with zero attached hydrogens (tertiary/aromatic N) is 1. The number of halogens is 1. The molecule has 0 fully saturated rings. The quantitative estimate of drug-likeness (QED) is 0.551. The maximum absolute atomic E-state index is 12.8. The van der Waals surface area contributed by atoms with E-state index in [-0.39, 0.29) is 5.91 Å². The number of H-pyrrole nitrogens is 1. The number of nitrogens with one attached hydrogen (secondary N) is 2. The van der Waals surface area contributed by atoms with E-state index in [1.54, 1.807) is 24.3 Å². The zero-order valence-corrected chi connectivity index (χ0v) is 14.6. The first-order chi connectivity index (χ1) is 12.7. The van der Waals surface area contributed by atoms with Crippen molar-refractivity contribution in [2.45, 2.75) is 6.04 Å². The zero-order chi connectivity index (χ0) is 17.9. The maximum atomic E-state index is 12.8. The predicted molar refractivity (Wildman–Crippen MR) is 103 cm³/mol. The van der Waals surface area contributed by atoms with Gasteiger partial charge in [0.05, 0.1) is 11.0 Å². The van der Waals surface area contributed by atoms with E-state index in [0.717, 1.165) is 16.6 Å². The largest absolute Gasteiger partial charge is 0.340 e. The smallest absolute Gasteiger partial charge is 0.252 e. The van der Waals surface area contributed by atoms with Crippen molar-refractivity contribution in [2.75, 3.05) is 0 Å². The summed E-state index contributed by atoms with van der Waals surface area (Å²) in [7, 11) is 0. The average molecular weight is 362 g/mol. The fourth-order valence-electron chi connectivity index (χ4n) is 2.91. The van der Waals surface area contributed by atoms with Crippen LogP contribution in [0.15, 0.2) is 78.9 Å². The van der Waals surface area contributed by atoms with E-state index in [1.807, 2.05) is 54.6 Å². The topological polar surface area (TPSA) is 57.8 Å². The second-order valence-corrected chi connectivity index (χ2v) is 6.40. The lowest BCUT2D eigenvalue weighted by Crippen LogP contribution is -2.30. The van der Waals surface area contributed by atoms with Crippen molar-refractivity contribution in [3.8, 4) is 0 Å². The van der Waals surface area contributed by atoms with E-state index < -0.39 is 6.04 Å². The summed E-state index contributed by atoms with van der Waals surface area (Å²) in [4.78, 5) is 20.7. The molecule has 128 valence electrons. The van der Waals surface area contributed by atoms with Crippen molar-refractivity contribution in [3.05, 3.63) is 101 Å². The van der Waals surface area contributed by atoms with E-state index in [1.165, 1.54) is 0 Å². The molecule has 0 saturated heterocycles. The monoisotopic (exact) mass is 361 g/mol. The van der Waals surface area contributed by atoms with E-state index >= 15 is 0 Å². The number of benzene rings is 3. The maximum Gasteiger partial charge on any atom is 0.252 e. The number of carbonyl (C=O) groups is 1. The fourth-order valence-corrected chi connectivity index (χ4v) is 3.10. The summed E-state index contributed by atoms with van der Waals surface area (Å²) in [6.07, 6.45) is 0. The van der Waals surface area contributed by atoms with Gasteiger partial charge in [-0.1, -0.05) is 60.1 Å². The molecule has 0 bridgehead atoms. The number of aromatic amines is 1. The molecule has 1 heterocycles. The molecule has 1 atom stereocenters. The van der Waals surface area contributed by atoms with Gasteiger partial charge >= 0.3 is 0 Å². The Labute approximate surface area is 155 Å². The lowest BCUT2D eigenvalue weighted by atomic mass is 10.1. The third-order valence-corrected chi connectivity index (χ3v) is 4.41. The van der Waals surface area contributed by atoms with Gasteiger partial charge in [-0.3, -0.25) is 4.79 Å². The SMILES string of the molecule is O=C(NC(c1ccccc1)c1nc2ccccc2[nH]1)c1cccc(Cl)c1. The molecule has 1 unspecified atom stereocenters. The van der Waals surface area contributed by atoms with Gasteiger partial charge in [0, 0.05) is 10.6 Å². The number of aromatic nitrogens is 2. The molecule has 1 amide bonds. The first-order valence-corrected chi connectivity index (χ1v) is 8.64. The van der Waals surface area contributed by atoms with Gasteiger partial charge in [0.2, 0.25) is 0 Å². The molecule has 2 N–H and O–H groups in total. The van der Waals surface area contributed by atoms with Crippen molar-refractivity contribution >= 4 is 28.5 Å². The summed E-state index contributed by atoms with van der Waals surface area (Å²) in [6, 6.07) is 24.1. The van der Waals surface area contributed by atoms with Crippen LogP contribution in [0.3, 0.4) is 0 Å². The molecule has 0 saturated carbocycles. The minimum atomic E-state index is -0.393. The van der Waals surface area contributed by atoms with Crippen LogP contribution in [0.4, 0.5) is 0 Å². The molecule has 0 aliphatic carbocycles. The molecule has 4 nitrogen and oxygen atoms in total. The first-order valence-electron chi connectivity index (χ1n) is 8.27. The standard InChI is InChI=1S/C21H16ClN3O/c22-16-10-6-9-15(13-16)21(26)25-19(14-7-2-1-3-8-14)20-23-17-11-4-5-12-18(17)24-20/h1-13,19H,(H,23,24)(H,25,26). The fraction of sp³-hybridized carbons (Fsp3) is 0.0476. The van der Waals surface area contributed by atoms with Gasteiger partial charge in [0.25, 0.3) is 5.91 Å². The molecule has 5 heteroatoms. The van der Waals surface area contributed by atoms with Gasteiger partial charge in [-0.25, -0.2) is 4.98 Å². The molecular weight excluding hydrogens is 346 g/mol. The highest BCUT2D eigenvalue weighted by Crippen LogP contribution is 2.23. The van der Waals surface area contributed by atoms with Gasteiger partial charge in [0.15, 0.2) is 0 Å². The molecule has 4 aromatic rings. The molecule has 1 aromatic heterocycles. The van der Waals surface area contributed by atoms with Crippen LogP contribution in [0.1, 0.15) is 27.8 Å². The number of hydrogen-bond acceptors (Lipinski definition) is 2. The van der Waals surface area contributed by atoms with E-state index in [4.69, 9.17) is 11.6 Å². The van der Waals surface area contributed by atoms with Crippen molar-refractivity contribution in [3.63, 3.8) is 0 Å². The van der Waals surface area contributed by atoms with Crippen LogP contribution >= 0.6 is 11.6 Å². The summed E-state index contributed by atoms with van der Waals surface area (Å²) in [5, 5.41) is 3.59. The number of amides is 1. The van der Waals surface area contributed by atoms with Crippen molar-refractivity contribution < 1.29 is 4.79 Å². The number of imidazole rings is 1. The zero-order valence-electron chi connectivity index (χ0n) is 13.8. The molecule has 0 aliphatic rings. The molecule has 26 heavy (non-hydrogen) atoms. The highest BCUT2D eigenvalue weighted by molar-refractivity contribution is 6.30. The number of para-hydroxylation sites is 2. The van der Waals surface area contributed by atoms with Crippen LogP contribution in [-0.2, 0) is 0 Å². The van der Waals surface area contributed by atoms with Gasteiger partial charge < -0.3 is 10.3 Å². The lowest BCUT2D eigenvalue weighted by molar-refractivity contribution is 0.0941. The highest BCUT2D eigenvalue weighted by atomic mass is 35.5. The third-order valence-electron chi connectivity index (χ3n) is 4.18. The van der Waals surface area contributed by atoms with Crippen LogP contribution in [0.2, 0.25) is 5.02 Å². The van der Waals surface area contributed by atoms with Crippen LogP contribution in [0.25, 0.3) is 11.0 Å². The first kappa shape index (κ1) is 16.4. The van der Waals surface area contributed by atoms with Gasteiger partial charge in [0.1, 0.15) is 11.9 Å². The average Bonchev–Trinajstić information content (AvgIpc) is 3.10. The lowest BCUT2D eigenvalue weighted by Gasteiger charge is -2.17. The number of fused-ring (bicyclic) bond motifs is 1. The van der Waals surface area contributed by atoms with E-state index in [0.29, 0.717) is 16.4 Å². The molecule has 4 rings (SSSR count). The summed E-state index contributed by atoms with van der Waals surface area (Å²) in [6.45, 7) is 0. The van der Waals surface area contributed by atoms with Gasteiger partial charge in [-0.2, -0.15) is 0 Å². The number of hydrogen-bond donors (Lipinski definition) is 2. The Morgan fingerprint density at radius 2 is 1.73 bits per heavy atom. The second kappa shape index (κ2) is 7.02. The molecular formula is C21H16ClN3O. The third kappa shape index (κ3) is 3.32. The second-order valence-electron chi connectivity index (χ2n) is 5.97. The summed E-state index contributed by atoms with van der Waals surface area (Å²) >= 11 is 6.01. The number of carbonyl (C=O) groups excluding carboxylic acids is 1. The number of rotatable bonds is 4. The Morgan fingerprint density at radius 1 is 0.962 bits per heavy atom. The molecule has 0 spiro atoms. The molecule has 3 aromatic carbocycles. The van der Waals surface area contributed by atoms with Crippen molar-refractivity contribution in [2.24, 2.45) is 0 Å². The minimum Gasteiger partial charge on any atom is -0.340 e.